The number of halogens is 2. The predicted octanol–water partition coefficient (Wildman–Crippen LogP) is 4.86. The van der Waals surface area contributed by atoms with Crippen LogP contribution in [0.2, 0.25) is 0 Å². The average Bonchev–Trinajstić information content (AvgIpc) is 2.36. The summed E-state index contributed by atoms with van der Waals surface area (Å²) in [6.45, 7) is 2.28. The van der Waals surface area contributed by atoms with Crippen molar-refractivity contribution in [2.75, 3.05) is 7.05 Å². The van der Waals surface area contributed by atoms with Crippen molar-refractivity contribution in [2.45, 2.75) is 38.6 Å². The molecule has 0 radical (unpaired) electrons. The van der Waals surface area contributed by atoms with Crippen LogP contribution >= 0.6 is 31.9 Å². The zero-order valence-electron chi connectivity index (χ0n) is 11.3. The van der Waals surface area contributed by atoms with E-state index in [0.29, 0.717) is 6.04 Å². The molecule has 0 N–H and O–H groups in total. The number of hydrogen-bond donors (Lipinski definition) is 0. The van der Waals surface area contributed by atoms with Crippen LogP contribution in [0.3, 0.4) is 0 Å². The van der Waals surface area contributed by atoms with Crippen LogP contribution in [0.5, 0.6) is 0 Å². The first kappa shape index (κ1) is 15.0. The smallest absolute Gasteiger partial charge is 0.253 e. The van der Waals surface area contributed by atoms with Gasteiger partial charge in [-0.25, -0.2) is 0 Å². The van der Waals surface area contributed by atoms with Crippen molar-refractivity contribution in [1.82, 2.24) is 4.90 Å². The van der Waals surface area contributed by atoms with Crippen molar-refractivity contribution in [3.63, 3.8) is 0 Å². The Bertz CT molecular complexity index is 455. The Morgan fingerprint density at radius 3 is 2.42 bits per heavy atom. The van der Waals surface area contributed by atoms with Gasteiger partial charge in [0.25, 0.3) is 5.91 Å². The van der Waals surface area contributed by atoms with Gasteiger partial charge in [0, 0.05) is 27.6 Å². The van der Waals surface area contributed by atoms with E-state index >= 15 is 0 Å². The second-order valence-corrected chi connectivity index (χ2v) is 7.33. The minimum Gasteiger partial charge on any atom is -0.339 e. The van der Waals surface area contributed by atoms with E-state index in [0.717, 1.165) is 33.3 Å². The third-order valence-electron chi connectivity index (χ3n) is 3.89. The average molecular weight is 389 g/mol. The van der Waals surface area contributed by atoms with Gasteiger partial charge in [0.15, 0.2) is 0 Å². The lowest BCUT2D eigenvalue weighted by Gasteiger charge is -2.34. The lowest BCUT2D eigenvalue weighted by Crippen LogP contribution is -2.39. The highest BCUT2D eigenvalue weighted by atomic mass is 79.9. The molecule has 0 spiro atoms. The summed E-state index contributed by atoms with van der Waals surface area (Å²) in [5.74, 6) is 0.837. The monoisotopic (exact) mass is 387 g/mol. The molecule has 2 rings (SSSR count). The van der Waals surface area contributed by atoms with E-state index in [1.54, 1.807) is 0 Å². The van der Waals surface area contributed by atoms with E-state index in [4.69, 9.17) is 0 Å². The number of benzene rings is 1. The van der Waals surface area contributed by atoms with E-state index in [1.807, 2.05) is 30.1 Å². The fourth-order valence-electron chi connectivity index (χ4n) is 2.80. The molecule has 0 heterocycles. The van der Waals surface area contributed by atoms with Crippen molar-refractivity contribution < 1.29 is 4.79 Å². The number of carbonyl (C=O) groups is 1. The summed E-state index contributed by atoms with van der Waals surface area (Å²) in [4.78, 5) is 14.5. The van der Waals surface area contributed by atoms with Gasteiger partial charge in [-0.15, -0.1) is 0 Å². The Morgan fingerprint density at radius 2 is 1.84 bits per heavy atom. The maximum atomic E-state index is 12.5. The summed E-state index contributed by atoms with van der Waals surface area (Å²) in [6, 6.07) is 6.10. The number of carbonyl (C=O) groups excluding carboxylic acids is 1. The summed E-state index contributed by atoms with van der Waals surface area (Å²) >= 11 is 6.87. The Morgan fingerprint density at radius 1 is 1.21 bits per heavy atom. The van der Waals surface area contributed by atoms with Gasteiger partial charge in [0.1, 0.15) is 0 Å². The fourth-order valence-corrected chi connectivity index (χ4v) is 4.09. The molecule has 2 unspecified atom stereocenters. The van der Waals surface area contributed by atoms with E-state index in [1.165, 1.54) is 12.8 Å². The van der Waals surface area contributed by atoms with Crippen molar-refractivity contribution in [2.24, 2.45) is 5.92 Å². The van der Waals surface area contributed by atoms with Crippen LogP contribution in [0.25, 0.3) is 0 Å². The van der Waals surface area contributed by atoms with Crippen LogP contribution in [0.4, 0.5) is 0 Å². The van der Waals surface area contributed by atoms with Crippen LogP contribution in [0, 0.1) is 5.92 Å². The molecular formula is C15H19Br2NO. The normalized spacial score (nSPS) is 23.2. The maximum absolute atomic E-state index is 12.5. The molecule has 1 aliphatic carbocycles. The van der Waals surface area contributed by atoms with Crippen molar-refractivity contribution in [3.05, 3.63) is 32.7 Å². The first-order valence-corrected chi connectivity index (χ1v) is 8.29. The summed E-state index contributed by atoms with van der Waals surface area (Å²) in [5, 5.41) is 0. The van der Waals surface area contributed by atoms with E-state index in [-0.39, 0.29) is 5.91 Å². The molecule has 2 nitrogen and oxygen atoms in total. The zero-order chi connectivity index (χ0) is 14.0. The van der Waals surface area contributed by atoms with Gasteiger partial charge in [-0.3, -0.25) is 4.79 Å². The molecule has 104 valence electrons. The highest BCUT2D eigenvalue weighted by Gasteiger charge is 2.26. The van der Waals surface area contributed by atoms with E-state index in [2.05, 4.69) is 38.8 Å². The van der Waals surface area contributed by atoms with Crippen LogP contribution < -0.4 is 0 Å². The summed E-state index contributed by atoms with van der Waals surface area (Å²) < 4.78 is 1.85. The highest BCUT2D eigenvalue weighted by Crippen LogP contribution is 2.28. The van der Waals surface area contributed by atoms with Gasteiger partial charge >= 0.3 is 0 Å². The van der Waals surface area contributed by atoms with E-state index in [9.17, 15) is 4.79 Å². The van der Waals surface area contributed by atoms with Gasteiger partial charge < -0.3 is 4.90 Å². The molecule has 1 aromatic carbocycles. The Hall–Kier alpha value is -0.350. The standard InChI is InChI=1S/C15H19Br2NO/c1-10-4-3-5-14(6-10)18(2)15(19)11-7-12(16)9-13(17)8-11/h7-10,14H,3-6H2,1-2H3. The summed E-state index contributed by atoms with van der Waals surface area (Å²) in [6.07, 6.45) is 4.77. The Balaban J connectivity index is 2.13. The second-order valence-electron chi connectivity index (χ2n) is 5.50. The van der Waals surface area contributed by atoms with Gasteiger partial charge in [-0.2, -0.15) is 0 Å². The van der Waals surface area contributed by atoms with Crippen molar-refractivity contribution in [3.8, 4) is 0 Å². The molecular weight excluding hydrogens is 370 g/mol. The van der Waals surface area contributed by atoms with Crippen LogP contribution in [0.15, 0.2) is 27.1 Å². The zero-order valence-corrected chi connectivity index (χ0v) is 14.5. The summed E-state index contributed by atoms with van der Waals surface area (Å²) in [7, 11) is 1.93. The topological polar surface area (TPSA) is 20.3 Å². The van der Waals surface area contributed by atoms with Crippen LogP contribution in [0.1, 0.15) is 43.0 Å². The number of hydrogen-bond acceptors (Lipinski definition) is 1. The predicted molar refractivity (Wildman–Crippen MR) is 85.4 cm³/mol. The number of rotatable bonds is 2. The Labute approximate surface area is 131 Å². The van der Waals surface area contributed by atoms with E-state index < -0.39 is 0 Å². The quantitative estimate of drug-likeness (QED) is 0.708. The molecule has 0 aromatic heterocycles. The molecule has 0 aliphatic heterocycles. The molecule has 1 amide bonds. The van der Waals surface area contributed by atoms with Crippen LogP contribution in [-0.2, 0) is 0 Å². The van der Waals surface area contributed by atoms with Crippen LogP contribution in [-0.4, -0.2) is 23.9 Å². The van der Waals surface area contributed by atoms with Gasteiger partial charge in [-0.1, -0.05) is 51.6 Å². The minimum atomic E-state index is 0.112. The molecule has 0 bridgehead atoms. The largest absolute Gasteiger partial charge is 0.339 e. The molecule has 1 aliphatic rings. The Kier molecular flexibility index (Phi) is 5.07. The highest BCUT2D eigenvalue weighted by molar-refractivity contribution is 9.11. The number of nitrogens with zero attached hydrogens (tertiary/aromatic N) is 1. The second kappa shape index (κ2) is 6.40. The first-order chi connectivity index (χ1) is 8.97. The SMILES string of the molecule is CC1CCCC(N(C)C(=O)c2cc(Br)cc(Br)c2)C1. The van der Waals surface area contributed by atoms with Gasteiger partial charge in [-0.05, 0) is 37.0 Å². The summed E-state index contributed by atoms with van der Waals surface area (Å²) in [5.41, 5.74) is 0.738. The molecule has 0 saturated heterocycles. The fraction of sp³-hybridized carbons (Fsp3) is 0.533. The number of amides is 1. The molecule has 1 aromatic rings. The maximum Gasteiger partial charge on any atom is 0.253 e. The molecule has 1 fully saturated rings. The van der Waals surface area contributed by atoms with Crippen molar-refractivity contribution in [1.29, 1.82) is 0 Å². The van der Waals surface area contributed by atoms with Gasteiger partial charge in [0.2, 0.25) is 0 Å². The molecule has 4 heteroatoms. The van der Waals surface area contributed by atoms with Crippen molar-refractivity contribution >= 4 is 37.8 Å². The molecule has 1 saturated carbocycles. The molecule has 19 heavy (non-hydrogen) atoms. The minimum absolute atomic E-state index is 0.112. The van der Waals surface area contributed by atoms with Gasteiger partial charge in [0.05, 0.1) is 0 Å². The lowest BCUT2D eigenvalue weighted by molar-refractivity contribution is 0.0672. The first-order valence-electron chi connectivity index (χ1n) is 6.70. The third-order valence-corrected chi connectivity index (χ3v) is 4.80. The third kappa shape index (κ3) is 3.82. The molecule has 2 atom stereocenters. The lowest BCUT2D eigenvalue weighted by atomic mass is 9.86.